The number of aldehydes is 1. The lowest BCUT2D eigenvalue weighted by molar-refractivity contribution is -0.131. The summed E-state index contributed by atoms with van der Waals surface area (Å²) in [4.78, 5) is 34.8. The number of carbonyl (C=O) groups excluding carboxylic acids is 3. The van der Waals surface area contributed by atoms with Crippen LogP contribution in [-0.2, 0) is 14.3 Å². The number of alkyl carbamates (subject to hydrolysis) is 1. The van der Waals surface area contributed by atoms with Gasteiger partial charge in [0.05, 0.1) is 6.04 Å². The van der Waals surface area contributed by atoms with Crippen molar-refractivity contribution in [1.82, 2.24) is 5.32 Å². The van der Waals surface area contributed by atoms with Gasteiger partial charge in [-0.25, -0.2) is 4.79 Å². The van der Waals surface area contributed by atoms with Crippen LogP contribution in [0.2, 0.25) is 0 Å². The predicted molar refractivity (Wildman–Crippen MR) is 103 cm³/mol. The van der Waals surface area contributed by atoms with E-state index in [4.69, 9.17) is 4.74 Å². The molecule has 5 nitrogen and oxygen atoms in total. The summed E-state index contributed by atoms with van der Waals surface area (Å²) in [6.07, 6.45) is -0.0452. The Balaban J connectivity index is 1.70. The maximum absolute atomic E-state index is 12.2. The van der Waals surface area contributed by atoms with E-state index in [1.807, 2.05) is 50.2 Å². The lowest BCUT2D eigenvalue weighted by atomic mass is 9.98. The van der Waals surface area contributed by atoms with Crippen molar-refractivity contribution in [2.24, 2.45) is 5.92 Å². The molecule has 0 saturated heterocycles. The predicted octanol–water partition coefficient (Wildman–Crippen LogP) is 3.71. The molecule has 1 amide bonds. The molecular weight excluding hydrogens is 342 g/mol. The van der Waals surface area contributed by atoms with Crippen LogP contribution in [0.3, 0.4) is 0 Å². The Bertz CT molecular complexity index is 813. The monoisotopic (exact) mass is 365 g/mol. The second kappa shape index (κ2) is 8.16. The van der Waals surface area contributed by atoms with Gasteiger partial charge in [-0.1, -0.05) is 62.4 Å². The number of Topliss-reactive ketones (excluding diaryl/α,β-unsaturated/α-hetero) is 1. The molecule has 0 bridgehead atoms. The first-order chi connectivity index (χ1) is 13.0. The van der Waals surface area contributed by atoms with Crippen molar-refractivity contribution in [1.29, 1.82) is 0 Å². The van der Waals surface area contributed by atoms with Gasteiger partial charge in [0.15, 0.2) is 6.29 Å². The summed E-state index contributed by atoms with van der Waals surface area (Å²) in [7, 11) is 0. The molecule has 1 atom stereocenters. The van der Waals surface area contributed by atoms with Gasteiger partial charge in [0.25, 0.3) is 0 Å². The van der Waals surface area contributed by atoms with Crippen LogP contribution < -0.4 is 5.32 Å². The zero-order chi connectivity index (χ0) is 19.4. The highest BCUT2D eigenvalue weighted by molar-refractivity contribution is 6.27. The van der Waals surface area contributed by atoms with Crippen LogP contribution in [0.25, 0.3) is 11.1 Å². The Morgan fingerprint density at radius 1 is 1.04 bits per heavy atom. The molecule has 2 aromatic carbocycles. The summed E-state index contributed by atoms with van der Waals surface area (Å²) in [6.45, 7) is 4.01. The van der Waals surface area contributed by atoms with Crippen molar-refractivity contribution in [2.45, 2.75) is 32.2 Å². The van der Waals surface area contributed by atoms with Crippen molar-refractivity contribution >= 4 is 18.2 Å². The van der Waals surface area contributed by atoms with Crippen LogP contribution >= 0.6 is 0 Å². The minimum Gasteiger partial charge on any atom is -0.449 e. The fourth-order valence-corrected chi connectivity index (χ4v) is 3.58. The van der Waals surface area contributed by atoms with Crippen molar-refractivity contribution in [3.8, 4) is 11.1 Å². The molecule has 0 spiro atoms. The van der Waals surface area contributed by atoms with Crippen LogP contribution in [0.15, 0.2) is 48.5 Å². The topological polar surface area (TPSA) is 72.5 Å². The van der Waals surface area contributed by atoms with Gasteiger partial charge >= 0.3 is 6.09 Å². The summed E-state index contributed by atoms with van der Waals surface area (Å²) in [5.41, 5.74) is 4.54. The van der Waals surface area contributed by atoms with E-state index in [2.05, 4.69) is 17.4 Å². The fraction of sp³-hybridized carbons (Fsp3) is 0.318. The van der Waals surface area contributed by atoms with E-state index in [-0.39, 0.29) is 24.7 Å². The molecule has 3 rings (SSSR count). The van der Waals surface area contributed by atoms with Crippen LogP contribution in [-0.4, -0.2) is 30.8 Å². The number of hydrogen-bond acceptors (Lipinski definition) is 4. The third-order valence-corrected chi connectivity index (χ3v) is 4.80. The summed E-state index contributed by atoms with van der Waals surface area (Å²) in [6, 6.07) is 15.3. The van der Waals surface area contributed by atoms with Crippen molar-refractivity contribution in [2.75, 3.05) is 6.61 Å². The molecule has 1 aliphatic carbocycles. The Morgan fingerprint density at radius 3 is 2.11 bits per heavy atom. The van der Waals surface area contributed by atoms with E-state index >= 15 is 0 Å². The number of benzene rings is 2. The van der Waals surface area contributed by atoms with E-state index in [0.29, 0.717) is 6.42 Å². The molecule has 0 fully saturated rings. The second-order valence-corrected chi connectivity index (χ2v) is 7.17. The quantitative estimate of drug-likeness (QED) is 0.600. The van der Waals surface area contributed by atoms with Crippen molar-refractivity contribution in [3.05, 3.63) is 59.7 Å². The van der Waals surface area contributed by atoms with Crippen LogP contribution in [0.1, 0.15) is 37.3 Å². The highest BCUT2D eigenvalue weighted by atomic mass is 16.5. The van der Waals surface area contributed by atoms with Gasteiger partial charge < -0.3 is 10.1 Å². The SMILES string of the molecule is CC(C)C[C@@H](NC(=O)OCC1c2ccccc2-c2ccccc21)C(=O)C=O. The minimum absolute atomic E-state index is 0.0477. The maximum Gasteiger partial charge on any atom is 0.407 e. The van der Waals surface area contributed by atoms with E-state index in [1.54, 1.807) is 0 Å². The van der Waals surface area contributed by atoms with Crippen LogP contribution in [0.5, 0.6) is 0 Å². The van der Waals surface area contributed by atoms with Gasteiger partial charge in [-0.15, -0.1) is 0 Å². The average molecular weight is 365 g/mol. The molecule has 0 aromatic heterocycles. The molecule has 0 aliphatic heterocycles. The normalized spacial score (nSPS) is 13.6. The van der Waals surface area contributed by atoms with E-state index in [0.717, 1.165) is 22.3 Å². The number of fused-ring (bicyclic) bond motifs is 3. The lowest BCUT2D eigenvalue weighted by Gasteiger charge is -2.19. The number of ketones is 1. The Morgan fingerprint density at radius 2 is 1.59 bits per heavy atom. The van der Waals surface area contributed by atoms with Crippen LogP contribution in [0, 0.1) is 5.92 Å². The van der Waals surface area contributed by atoms with Crippen LogP contribution in [0.4, 0.5) is 4.79 Å². The highest BCUT2D eigenvalue weighted by Crippen LogP contribution is 2.44. The largest absolute Gasteiger partial charge is 0.449 e. The molecule has 1 aliphatic rings. The lowest BCUT2D eigenvalue weighted by Crippen LogP contribution is -2.42. The minimum atomic E-state index is -0.849. The molecule has 1 N–H and O–H groups in total. The number of rotatable bonds is 7. The second-order valence-electron chi connectivity index (χ2n) is 7.17. The number of ether oxygens (including phenoxy) is 1. The van der Waals surface area contributed by atoms with Crippen molar-refractivity contribution in [3.63, 3.8) is 0 Å². The summed E-state index contributed by atoms with van der Waals surface area (Å²) < 4.78 is 5.43. The number of nitrogens with one attached hydrogen (secondary N) is 1. The molecule has 0 saturated carbocycles. The summed E-state index contributed by atoms with van der Waals surface area (Å²) >= 11 is 0. The van der Waals surface area contributed by atoms with Crippen molar-refractivity contribution < 1.29 is 19.1 Å². The average Bonchev–Trinajstić information content (AvgIpc) is 2.99. The van der Waals surface area contributed by atoms with E-state index in [1.165, 1.54) is 0 Å². The molecule has 140 valence electrons. The first kappa shape index (κ1) is 18.8. The zero-order valence-corrected chi connectivity index (χ0v) is 15.5. The van der Waals surface area contributed by atoms with Gasteiger partial charge in [0.1, 0.15) is 6.61 Å². The summed E-state index contributed by atoms with van der Waals surface area (Å²) in [5, 5.41) is 2.53. The third-order valence-electron chi connectivity index (χ3n) is 4.80. The number of carbonyl (C=O) groups is 3. The molecule has 0 heterocycles. The highest BCUT2D eigenvalue weighted by Gasteiger charge is 2.29. The molecule has 27 heavy (non-hydrogen) atoms. The third kappa shape index (κ3) is 4.08. The Labute approximate surface area is 158 Å². The smallest absolute Gasteiger partial charge is 0.407 e. The standard InChI is InChI=1S/C22H23NO4/c1-14(2)11-20(21(25)12-24)23-22(26)27-13-19-17-9-5-3-7-15(17)16-8-4-6-10-18(16)19/h3-10,12,14,19-20H,11,13H2,1-2H3,(H,23,26)/t20-/m1/s1. The van der Waals surface area contributed by atoms with Gasteiger partial charge in [-0.2, -0.15) is 0 Å². The van der Waals surface area contributed by atoms with E-state index in [9.17, 15) is 14.4 Å². The fourth-order valence-electron chi connectivity index (χ4n) is 3.58. The number of amides is 1. The molecule has 2 aromatic rings. The van der Waals surface area contributed by atoms with Gasteiger partial charge in [-0.3, -0.25) is 9.59 Å². The van der Waals surface area contributed by atoms with E-state index < -0.39 is 17.9 Å². The Hall–Kier alpha value is -2.95. The molecule has 0 radical (unpaired) electrons. The molecule has 5 heteroatoms. The first-order valence-electron chi connectivity index (χ1n) is 9.11. The molecule has 0 unspecified atom stereocenters. The van der Waals surface area contributed by atoms with Gasteiger partial charge in [0, 0.05) is 5.92 Å². The maximum atomic E-state index is 12.2. The van der Waals surface area contributed by atoms with Gasteiger partial charge in [0.2, 0.25) is 5.78 Å². The first-order valence-corrected chi connectivity index (χ1v) is 9.11. The zero-order valence-electron chi connectivity index (χ0n) is 15.5. The Kier molecular flexibility index (Phi) is 5.69. The summed E-state index contributed by atoms with van der Waals surface area (Å²) in [5.74, 6) is -0.529. The molecular formula is C22H23NO4. The number of hydrogen-bond donors (Lipinski definition) is 1. The van der Waals surface area contributed by atoms with Gasteiger partial charge in [-0.05, 0) is 34.6 Å².